The Morgan fingerprint density at radius 3 is 1.18 bits per heavy atom. The molecule has 8 nitrogen and oxygen atoms in total. The van der Waals surface area contributed by atoms with Crippen molar-refractivity contribution in [2.45, 2.75) is 23.6 Å². The zero-order valence-electron chi connectivity index (χ0n) is 21.2. The molecule has 0 atom stereocenters. The quantitative estimate of drug-likeness (QED) is 0.237. The minimum absolute atomic E-state index is 0.0251. The number of aryl methyl sites for hydroxylation is 2. The highest BCUT2D eigenvalue weighted by atomic mass is 79.9. The van der Waals surface area contributed by atoms with Gasteiger partial charge in [-0.3, -0.25) is 0 Å². The first-order valence-corrected chi connectivity index (χ1v) is 16.4. The van der Waals surface area contributed by atoms with Gasteiger partial charge in [-0.25, -0.2) is 0 Å². The molecule has 40 heavy (non-hydrogen) atoms. The van der Waals surface area contributed by atoms with Crippen LogP contribution in [0.1, 0.15) is 22.3 Å². The van der Waals surface area contributed by atoms with Gasteiger partial charge in [0.2, 0.25) is 0 Å². The molecular formula is C28H22Br2N4O4S2. The normalized spacial score (nSPS) is 14.1. The number of rotatable bonds is 6. The summed E-state index contributed by atoms with van der Waals surface area (Å²) < 4.78 is 58.8. The molecule has 0 unspecified atom stereocenters. The van der Waals surface area contributed by atoms with Crippen LogP contribution in [0.2, 0.25) is 0 Å². The second-order valence-corrected chi connectivity index (χ2v) is 14.2. The molecular weight excluding hydrogens is 680 g/mol. The summed E-state index contributed by atoms with van der Waals surface area (Å²) in [6.07, 6.45) is 0. The Kier molecular flexibility index (Phi) is 7.71. The molecule has 0 fully saturated rings. The Hall–Kier alpha value is -3.32. The predicted octanol–water partition coefficient (Wildman–Crippen LogP) is 6.25. The number of halogens is 2. The summed E-state index contributed by atoms with van der Waals surface area (Å²) in [7, 11) is -8.66. The van der Waals surface area contributed by atoms with Gasteiger partial charge < -0.3 is 0 Å². The van der Waals surface area contributed by atoms with Crippen LogP contribution < -0.4 is 0 Å². The Morgan fingerprint density at radius 1 is 0.525 bits per heavy atom. The molecule has 0 bridgehead atoms. The topological polar surface area (TPSA) is 99.5 Å². The molecule has 0 N–H and O–H groups in total. The summed E-state index contributed by atoms with van der Waals surface area (Å²) in [6.45, 7) is 3.70. The predicted molar refractivity (Wildman–Crippen MR) is 162 cm³/mol. The average molecular weight is 702 g/mol. The van der Waals surface area contributed by atoms with Crippen molar-refractivity contribution >= 4 is 63.6 Å². The summed E-state index contributed by atoms with van der Waals surface area (Å²) in [5.74, 6) is -0.390. The van der Waals surface area contributed by atoms with Crippen LogP contribution in [0.25, 0.3) is 0 Å². The Balaban J connectivity index is 1.81. The zero-order chi connectivity index (χ0) is 28.7. The highest BCUT2D eigenvalue weighted by molar-refractivity contribution is 9.10. The molecule has 0 saturated heterocycles. The number of hydrogen-bond donors (Lipinski definition) is 0. The fourth-order valence-electron chi connectivity index (χ4n) is 3.90. The van der Waals surface area contributed by atoms with Gasteiger partial charge in [-0.1, -0.05) is 91.5 Å². The van der Waals surface area contributed by atoms with E-state index in [4.69, 9.17) is 0 Å². The van der Waals surface area contributed by atoms with Crippen molar-refractivity contribution in [3.8, 4) is 0 Å². The average Bonchev–Trinajstić information content (AvgIpc) is 2.93. The van der Waals surface area contributed by atoms with Gasteiger partial charge in [0, 0.05) is 20.1 Å². The first-order chi connectivity index (χ1) is 19.0. The fourth-order valence-corrected chi connectivity index (χ4v) is 7.28. The van der Waals surface area contributed by atoms with Gasteiger partial charge in [0.05, 0.1) is 9.79 Å². The maximum Gasteiger partial charge on any atom is 0.285 e. The summed E-state index contributed by atoms with van der Waals surface area (Å²) in [6, 6.07) is 26.2. The van der Waals surface area contributed by atoms with Crippen LogP contribution in [0.5, 0.6) is 0 Å². The van der Waals surface area contributed by atoms with Crippen molar-refractivity contribution in [3.63, 3.8) is 0 Å². The van der Waals surface area contributed by atoms with E-state index in [0.29, 0.717) is 20.1 Å². The van der Waals surface area contributed by atoms with Gasteiger partial charge in [0.1, 0.15) is 0 Å². The summed E-state index contributed by atoms with van der Waals surface area (Å²) >= 11 is 6.92. The summed E-state index contributed by atoms with van der Waals surface area (Å²) in [4.78, 5) is -0.0501. The van der Waals surface area contributed by atoms with E-state index in [1.54, 1.807) is 72.8 Å². The van der Waals surface area contributed by atoms with Crippen LogP contribution in [0.15, 0.2) is 126 Å². The number of hydrazone groups is 2. The Labute approximate surface area is 250 Å². The molecule has 0 aliphatic carbocycles. The second kappa shape index (κ2) is 10.9. The highest BCUT2D eigenvalue weighted by Crippen LogP contribution is 2.32. The molecule has 1 aliphatic rings. The van der Waals surface area contributed by atoms with E-state index < -0.39 is 20.0 Å². The van der Waals surface area contributed by atoms with Gasteiger partial charge in [0.25, 0.3) is 20.0 Å². The van der Waals surface area contributed by atoms with Crippen molar-refractivity contribution in [1.29, 1.82) is 0 Å². The number of benzene rings is 4. The minimum atomic E-state index is -4.33. The minimum Gasteiger partial charge on any atom is -0.199 e. The smallest absolute Gasteiger partial charge is 0.199 e. The second-order valence-electron chi connectivity index (χ2n) is 8.93. The SMILES string of the molecule is Cc1ccc(S(=O)(=O)N2N=C(c3ccccc3Br)N(S(=O)(=O)c3ccc(C)cc3)N=C2c2ccccc2Br)cc1. The van der Waals surface area contributed by atoms with Crippen LogP contribution in [0.3, 0.4) is 0 Å². The lowest BCUT2D eigenvalue weighted by Crippen LogP contribution is -2.45. The lowest BCUT2D eigenvalue weighted by molar-refractivity contribution is 0.488. The molecule has 0 aromatic heterocycles. The molecule has 0 spiro atoms. The molecule has 4 aromatic carbocycles. The first-order valence-electron chi connectivity index (χ1n) is 11.9. The molecule has 0 saturated carbocycles. The molecule has 0 amide bonds. The third-order valence-electron chi connectivity index (χ3n) is 6.06. The van der Waals surface area contributed by atoms with E-state index >= 15 is 0 Å². The third-order valence-corrected chi connectivity index (χ3v) is 10.6. The highest BCUT2D eigenvalue weighted by Gasteiger charge is 2.40. The number of nitrogens with zero attached hydrogens (tertiary/aromatic N) is 4. The van der Waals surface area contributed by atoms with Gasteiger partial charge in [-0.15, -0.1) is 19.0 Å². The van der Waals surface area contributed by atoms with Gasteiger partial charge in [-0.05, 0) is 62.4 Å². The molecule has 204 valence electrons. The molecule has 5 rings (SSSR count). The number of hydrogen-bond acceptors (Lipinski definition) is 6. The van der Waals surface area contributed by atoms with Crippen molar-refractivity contribution in [1.82, 2.24) is 8.83 Å². The zero-order valence-corrected chi connectivity index (χ0v) is 26.0. The van der Waals surface area contributed by atoms with Gasteiger partial charge in [0.15, 0.2) is 11.7 Å². The lowest BCUT2D eigenvalue weighted by atomic mass is 10.2. The van der Waals surface area contributed by atoms with E-state index in [2.05, 4.69) is 42.1 Å². The van der Waals surface area contributed by atoms with Crippen LogP contribution in [-0.4, -0.2) is 37.3 Å². The van der Waals surface area contributed by atoms with Gasteiger partial charge in [-0.2, -0.15) is 16.8 Å². The van der Waals surface area contributed by atoms with Crippen LogP contribution >= 0.6 is 31.9 Å². The van der Waals surface area contributed by atoms with Crippen molar-refractivity contribution in [2.24, 2.45) is 10.2 Å². The Morgan fingerprint density at radius 2 is 0.850 bits per heavy atom. The molecule has 1 aliphatic heterocycles. The molecule has 1 heterocycles. The summed E-state index contributed by atoms with van der Waals surface area (Å²) in [5, 5.41) is 9.00. The van der Waals surface area contributed by atoms with Crippen molar-refractivity contribution in [2.75, 3.05) is 0 Å². The van der Waals surface area contributed by atoms with E-state index in [9.17, 15) is 16.8 Å². The maximum absolute atomic E-state index is 14.1. The molecule has 4 aromatic rings. The first kappa shape index (κ1) is 28.2. The number of sulfonamides is 2. The maximum atomic E-state index is 14.1. The van der Waals surface area contributed by atoms with E-state index in [0.717, 1.165) is 20.0 Å². The number of amidine groups is 2. The largest absolute Gasteiger partial charge is 0.285 e. The van der Waals surface area contributed by atoms with Crippen LogP contribution in [0, 0.1) is 13.8 Å². The van der Waals surface area contributed by atoms with E-state index in [1.165, 1.54) is 24.3 Å². The van der Waals surface area contributed by atoms with Gasteiger partial charge >= 0.3 is 0 Å². The fraction of sp³-hybridized carbons (Fsp3) is 0.0714. The molecule has 0 radical (unpaired) electrons. The van der Waals surface area contributed by atoms with Crippen LogP contribution in [0.4, 0.5) is 0 Å². The summed E-state index contributed by atoms with van der Waals surface area (Å²) in [5.41, 5.74) is 2.42. The van der Waals surface area contributed by atoms with E-state index in [-0.39, 0.29) is 21.5 Å². The lowest BCUT2D eigenvalue weighted by Gasteiger charge is -2.31. The standard InChI is InChI=1S/C28H22Br2N4O4S2/c1-19-11-15-21(16-12-19)39(35,36)33-27(23-7-3-5-9-25(23)29)32-34(28(31-33)24-8-4-6-10-26(24)30)40(37,38)22-17-13-20(2)14-18-22/h3-18H,1-2H3. The van der Waals surface area contributed by atoms with E-state index in [1.807, 2.05) is 13.8 Å². The monoisotopic (exact) mass is 700 g/mol. The van der Waals surface area contributed by atoms with Crippen molar-refractivity contribution in [3.05, 3.63) is 128 Å². The van der Waals surface area contributed by atoms with Crippen molar-refractivity contribution < 1.29 is 16.8 Å². The Bertz CT molecular complexity index is 1740. The molecule has 12 heteroatoms. The third kappa shape index (κ3) is 5.24. The van der Waals surface area contributed by atoms with Crippen LogP contribution in [-0.2, 0) is 20.0 Å².